The molecule has 0 radical (unpaired) electrons. The minimum atomic E-state index is -0.598. The Balaban J connectivity index is 1.46. The third-order valence-corrected chi connectivity index (χ3v) is 8.09. The Hall–Kier alpha value is -3.47. The number of methoxy groups -OCH3 is 2. The summed E-state index contributed by atoms with van der Waals surface area (Å²) < 4.78 is 19.6. The van der Waals surface area contributed by atoms with Crippen molar-refractivity contribution in [3.8, 4) is 11.5 Å². The molecule has 206 valence electrons. The predicted octanol–water partition coefficient (Wildman–Crippen LogP) is 7.04. The number of halogens is 2. The molecule has 0 fully saturated rings. The SMILES string of the molecule is COC(=O)C1=C(C)Nc2nc(SCc3ccccc3Cl)nn2C1c1ccc(OCc2cccc(Br)c2)c(OC)c1. The highest BCUT2D eigenvalue weighted by molar-refractivity contribution is 9.10. The van der Waals surface area contributed by atoms with Crippen LogP contribution in [-0.4, -0.2) is 35.0 Å². The molecule has 1 atom stereocenters. The Morgan fingerprint density at radius 3 is 2.67 bits per heavy atom. The van der Waals surface area contributed by atoms with Gasteiger partial charge >= 0.3 is 5.97 Å². The summed E-state index contributed by atoms with van der Waals surface area (Å²) in [5, 5.41) is 9.21. The van der Waals surface area contributed by atoms with Crippen LogP contribution in [0.25, 0.3) is 0 Å². The van der Waals surface area contributed by atoms with E-state index >= 15 is 0 Å². The van der Waals surface area contributed by atoms with Crippen molar-refractivity contribution in [2.75, 3.05) is 19.5 Å². The number of esters is 1. The Morgan fingerprint density at radius 2 is 1.93 bits per heavy atom. The van der Waals surface area contributed by atoms with Gasteiger partial charge in [-0.2, -0.15) is 4.98 Å². The standard InChI is InChI=1S/C29H26BrClN4O4S/c1-17-25(27(36)38-3)26(35-28(32-17)33-29(34-35)40-16-20-8-4-5-10-22(20)31)19-11-12-23(24(14-19)37-2)39-15-18-7-6-9-21(30)13-18/h4-14,26H,15-16H2,1-3H3,(H,32,33,34). The number of anilines is 1. The van der Waals surface area contributed by atoms with Crippen molar-refractivity contribution < 1.29 is 19.0 Å². The number of aromatic nitrogens is 3. The minimum Gasteiger partial charge on any atom is -0.493 e. The third-order valence-electron chi connectivity index (χ3n) is 6.34. The predicted molar refractivity (Wildman–Crippen MR) is 159 cm³/mol. The first-order valence-corrected chi connectivity index (χ1v) is 14.5. The normalized spacial score (nSPS) is 14.4. The number of hydrogen-bond donors (Lipinski definition) is 1. The molecule has 0 amide bonds. The zero-order valence-electron chi connectivity index (χ0n) is 22.0. The van der Waals surface area contributed by atoms with Crippen molar-refractivity contribution in [2.24, 2.45) is 0 Å². The molecule has 11 heteroatoms. The van der Waals surface area contributed by atoms with Crippen LogP contribution in [0.5, 0.6) is 11.5 Å². The van der Waals surface area contributed by atoms with Gasteiger partial charge in [0.1, 0.15) is 12.6 Å². The second kappa shape index (κ2) is 12.4. The van der Waals surface area contributed by atoms with E-state index in [1.54, 1.807) is 11.8 Å². The number of thioether (sulfide) groups is 1. The zero-order chi connectivity index (χ0) is 28.2. The lowest BCUT2D eigenvalue weighted by Gasteiger charge is -2.28. The average molecular weight is 642 g/mol. The zero-order valence-corrected chi connectivity index (χ0v) is 25.1. The van der Waals surface area contributed by atoms with Gasteiger partial charge in [-0.05, 0) is 53.9 Å². The van der Waals surface area contributed by atoms with Crippen LogP contribution in [-0.2, 0) is 21.9 Å². The fourth-order valence-electron chi connectivity index (χ4n) is 4.39. The molecular formula is C29H26BrClN4O4S. The van der Waals surface area contributed by atoms with Gasteiger partial charge in [0.15, 0.2) is 11.5 Å². The van der Waals surface area contributed by atoms with Gasteiger partial charge in [0.05, 0.1) is 19.8 Å². The number of nitrogens with one attached hydrogen (secondary N) is 1. The van der Waals surface area contributed by atoms with Gasteiger partial charge in [0, 0.05) is 20.9 Å². The van der Waals surface area contributed by atoms with Crippen LogP contribution >= 0.6 is 39.3 Å². The van der Waals surface area contributed by atoms with Crippen molar-refractivity contribution in [1.82, 2.24) is 14.8 Å². The van der Waals surface area contributed by atoms with Gasteiger partial charge in [0.25, 0.3) is 0 Å². The highest BCUT2D eigenvalue weighted by atomic mass is 79.9. The smallest absolute Gasteiger partial charge is 0.338 e. The first kappa shape index (κ1) is 28.1. The summed E-state index contributed by atoms with van der Waals surface area (Å²) in [6, 6.07) is 20.6. The van der Waals surface area contributed by atoms with Crippen LogP contribution in [0.1, 0.15) is 29.7 Å². The van der Waals surface area contributed by atoms with Crippen LogP contribution in [0, 0.1) is 0 Å². The number of nitrogens with zero attached hydrogens (tertiary/aromatic N) is 3. The largest absolute Gasteiger partial charge is 0.493 e. The molecule has 0 aliphatic carbocycles. The van der Waals surface area contributed by atoms with E-state index in [9.17, 15) is 4.79 Å². The number of carbonyl (C=O) groups is 1. The maximum absolute atomic E-state index is 13.0. The third kappa shape index (κ3) is 5.99. The minimum absolute atomic E-state index is 0.369. The lowest BCUT2D eigenvalue weighted by atomic mass is 9.95. The van der Waals surface area contributed by atoms with Crippen molar-refractivity contribution in [2.45, 2.75) is 30.5 Å². The van der Waals surface area contributed by atoms with E-state index in [0.717, 1.165) is 21.2 Å². The average Bonchev–Trinajstić information content (AvgIpc) is 3.36. The topological polar surface area (TPSA) is 87.5 Å². The molecule has 1 N–H and O–H groups in total. The first-order valence-electron chi connectivity index (χ1n) is 12.3. The molecule has 0 bridgehead atoms. The maximum Gasteiger partial charge on any atom is 0.338 e. The van der Waals surface area contributed by atoms with E-state index in [1.165, 1.54) is 18.9 Å². The Bertz CT molecular complexity index is 1590. The van der Waals surface area contributed by atoms with E-state index in [2.05, 4.69) is 26.2 Å². The fraction of sp³-hybridized carbons (Fsp3) is 0.207. The van der Waals surface area contributed by atoms with E-state index in [1.807, 2.05) is 73.7 Å². The van der Waals surface area contributed by atoms with Gasteiger partial charge in [-0.25, -0.2) is 9.48 Å². The lowest BCUT2D eigenvalue weighted by molar-refractivity contribution is -0.136. The second-order valence-electron chi connectivity index (χ2n) is 8.93. The van der Waals surface area contributed by atoms with Gasteiger partial charge in [-0.1, -0.05) is 75.7 Å². The molecule has 0 spiro atoms. The Morgan fingerprint density at radius 1 is 1.10 bits per heavy atom. The second-order valence-corrected chi connectivity index (χ2v) is 11.2. The molecule has 1 unspecified atom stereocenters. The molecule has 1 aromatic heterocycles. The van der Waals surface area contributed by atoms with Crippen LogP contribution in [0.3, 0.4) is 0 Å². The summed E-state index contributed by atoms with van der Waals surface area (Å²) in [4.78, 5) is 17.7. The fourth-order valence-corrected chi connectivity index (χ4v) is 5.96. The molecule has 3 aromatic carbocycles. The molecular weight excluding hydrogens is 616 g/mol. The van der Waals surface area contributed by atoms with Crippen molar-refractivity contribution in [1.29, 1.82) is 0 Å². The van der Waals surface area contributed by atoms with E-state index in [4.69, 9.17) is 30.9 Å². The highest BCUT2D eigenvalue weighted by Crippen LogP contribution is 2.40. The molecule has 40 heavy (non-hydrogen) atoms. The molecule has 0 saturated heterocycles. The summed E-state index contributed by atoms with van der Waals surface area (Å²) in [6.45, 7) is 2.19. The van der Waals surface area contributed by atoms with Gasteiger partial charge < -0.3 is 19.5 Å². The molecule has 2 heterocycles. The lowest BCUT2D eigenvalue weighted by Crippen LogP contribution is -2.29. The maximum atomic E-state index is 13.0. The van der Waals surface area contributed by atoms with Gasteiger partial charge in [0.2, 0.25) is 11.1 Å². The number of benzene rings is 3. The Labute approximate surface area is 249 Å². The molecule has 4 aromatic rings. The van der Waals surface area contributed by atoms with Crippen LogP contribution < -0.4 is 14.8 Å². The van der Waals surface area contributed by atoms with Crippen LogP contribution in [0.15, 0.2) is 87.6 Å². The highest BCUT2D eigenvalue weighted by Gasteiger charge is 2.35. The summed E-state index contributed by atoms with van der Waals surface area (Å²) in [5.74, 6) is 1.77. The van der Waals surface area contributed by atoms with Crippen LogP contribution in [0.4, 0.5) is 5.95 Å². The first-order chi connectivity index (χ1) is 19.4. The van der Waals surface area contributed by atoms with Crippen molar-refractivity contribution >= 4 is 51.2 Å². The summed E-state index contributed by atoms with van der Waals surface area (Å²) in [6.07, 6.45) is 0. The quantitative estimate of drug-likeness (QED) is 0.154. The number of allylic oxidation sites excluding steroid dienone is 1. The van der Waals surface area contributed by atoms with Crippen molar-refractivity contribution in [3.63, 3.8) is 0 Å². The number of ether oxygens (including phenoxy) is 3. The molecule has 1 aliphatic heterocycles. The van der Waals surface area contributed by atoms with Crippen LogP contribution in [0.2, 0.25) is 5.02 Å². The van der Waals surface area contributed by atoms with E-state index < -0.39 is 12.0 Å². The van der Waals surface area contributed by atoms with Gasteiger partial charge in [-0.3, -0.25) is 0 Å². The molecule has 1 aliphatic rings. The number of hydrogen-bond acceptors (Lipinski definition) is 8. The summed E-state index contributed by atoms with van der Waals surface area (Å²) in [5.41, 5.74) is 3.82. The van der Waals surface area contributed by atoms with Crippen molar-refractivity contribution in [3.05, 3.63) is 104 Å². The molecule has 8 nitrogen and oxygen atoms in total. The summed E-state index contributed by atoms with van der Waals surface area (Å²) in [7, 11) is 2.95. The molecule has 5 rings (SSSR count). The van der Waals surface area contributed by atoms with E-state index in [0.29, 0.717) is 51.3 Å². The number of fused-ring (bicyclic) bond motifs is 1. The summed E-state index contributed by atoms with van der Waals surface area (Å²) >= 11 is 11.3. The molecule has 0 saturated carbocycles. The number of rotatable bonds is 9. The monoisotopic (exact) mass is 640 g/mol. The Kier molecular flexibility index (Phi) is 8.68. The van der Waals surface area contributed by atoms with Gasteiger partial charge in [-0.15, -0.1) is 5.10 Å². The van der Waals surface area contributed by atoms with E-state index in [-0.39, 0.29) is 0 Å². The number of carbonyl (C=O) groups excluding carboxylic acids is 1.